The largest absolute Gasteiger partial charge is 0.466 e. The molecule has 4 heteroatoms. The molecule has 2 unspecified atom stereocenters. The molecule has 1 aliphatic rings. The van der Waals surface area contributed by atoms with Gasteiger partial charge in [0.1, 0.15) is 0 Å². The van der Waals surface area contributed by atoms with Crippen LogP contribution >= 0.6 is 0 Å². The molecule has 1 N–H and O–H groups in total. The van der Waals surface area contributed by atoms with Crippen molar-refractivity contribution in [2.75, 3.05) is 6.61 Å². The maximum absolute atomic E-state index is 11.9. The van der Waals surface area contributed by atoms with Gasteiger partial charge in [-0.05, 0) is 31.9 Å². The number of rotatable bonds is 4. The molecule has 1 fully saturated rings. The number of carbonyl (C=O) groups is 1. The first-order valence-corrected chi connectivity index (χ1v) is 6.49. The molecule has 0 bridgehead atoms. The summed E-state index contributed by atoms with van der Waals surface area (Å²) in [6, 6.07) is 5.60. The first-order chi connectivity index (χ1) is 8.76. The van der Waals surface area contributed by atoms with E-state index in [9.17, 15) is 4.79 Å². The molecule has 0 amide bonds. The number of nitrogens with zero attached hydrogens (tertiary/aromatic N) is 1. The second-order valence-electron chi connectivity index (χ2n) is 4.61. The van der Waals surface area contributed by atoms with Crippen molar-refractivity contribution in [3.63, 3.8) is 0 Å². The number of aromatic nitrogens is 1. The Morgan fingerprint density at radius 1 is 1.50 bits per heavy atom. The highest BCUT2D eigenvalue weighted by atomic mass is 16.5. The van der Waals surface area contributed by atoms with E-state index in [0.29, 0.717) is 12.3 Å². The Hall–Kier alpha value is -1.42. The molecule has 0 aliphatic heterocycles. The Balaban J connectivity index is 2.17. The van der Waals surface area contributed by atoms with Gasteiger partial charge in [0.05, 0.1) is 24.8 Å². The van der Waals surface area contributed by atoms with Crippen LogP contribution in [0.5, 0.6) is 0 Å². The first-order valence-electron chi connectivity index (χ1n) is 6.49. The third-order valence-corrected chi connectivity index (χ3v) is 3.48. The highest BCUT2D eigenvalue weighted by Gasteiger charge is 2.35. The quantitative estimate of drug-likeness (QED) is 0.829. The van der Waals surface area contributed by atoms with E-state index >= 15 is 0 Å². The van der Waals surface area contributed by atoms with Gasteiger partial charge in [0.25, 0.3) is 0 Å². The van der Waals surface area contributed by atoms with Gasteiger partial charge in [-0.25, -0.2) is 0 Å². The van der Waals surface area contributed by atoms with E-state index in [2.05, 4.69) is 4.98 Å². The van der Waals surface area contributed by atoms with Gasteiger partial charge in [-0.2, -0.15) is 0 Å². The van der Waals surface area contributed by atoms with E-state index in [4.69, 9.17) is 9.84 Å². The topological polar surface area (TPSA) is 59.4 Å². The summed E-state index contributed by atoms with van der Waals surface area (Å²) in [5.41, 5.74) is 1.55. The van der Waals surface area contributed by atoms with Gasteiger partial charge in [0, 0.05) is 11.6 Å². The number of aliphatic hydroxyl groups excluding tert-OH is 1. The molecule has 1 aliphatic carbocycles. The summed E-state index contributed by atoms with van der Waals surface area (Å²) in [6.45, 7) is 2.18. The van der Waals surface area contributed by atoms with Crippen molar-refractivity contribution in [3.8, 4) is 0 Å². The maximum atomic E-state index is 11.9. The number of ether oxygens (including phenoxy) is 1. The monoisotopic (exact) mass is 249 g/mol. The number of hydrogen-bond acceptors (Lipinski definition) is 4. The smallest absolute Gasteiger partial charge is 0.309 e. The summed E-state index contributed by atoms with van der Waals surface area (Å²) in [6.07, 6.45) is 2.86. The standard InChI is InChI=1S/C14H19NO3/c1-2-18-14(17)12-7-4-6-11(12)13-8-3-5-10(9-16)15-13/h3,5,8,11-12,16H,2,4,6-7,9H2,1H3. The Kier molecular flexibility index (Phi) is 4.31. The molecule has 2 atom stereocenters. The molecule has 0 aromatic carbocycles. The van der Waals surface area contributed by atoms with Gasteiger partial charge in [-0.3, -0.25) is 9.78 Å². The van der Waals surface area contributed by atoms with Crippen molar-refractivity contribution in [3.05, 3.63) is 29.6 Å². The van der Waals surface area contributed by atoms with Crippen LogP contribution in [0.15, 0.2) is 18.2 Å². The molecular formula is C14H19NO3. The average Bonchev–Trinajstić information content (AvgIpc) is 2.88. The Labute approximate surface area is 107 Å². The lowest BCUT2D eigenvalue weighted by atomic mass is 9.92. The number of pyridine rings is 1. The fourth-order valence-electron chi connectivity index (χ4n) is 2.64. The molecule has 1 aromatic rings. The second-order valence-corrected chi connectivity index (χ2v) is 4.61. The highest BCUT2D eigenvalue weighted by Crippen LogP contribution is 2.39. The number of hydrogen-bond donors (Lipinski definition) is 1. The molecule has 0 saturated heterocycles. The molecule has 1 aromatic heterocycles. The van der Waals surface area contributed by atoms with Crippen molar-refractivity contribution in [1.29, 1.82) is 0 Å². The third-order valence-electron chi connectivity index (χ3n) is 3.48. The molecular weight excluding hydrogens is 230 g/mol. The van der Waals surface area contributed by atoms with Gasteiger partial charge in [-0.1, -0.05) is 12.5 Å². The van der Waals surface area contributed by atoms with E-state index in [0.717, 1.165) is 25.0 Å². The van der Waals surface area contributed by atoms with Crippen LogP contribution in [0, 0.1) is 5.92 Å². The van der Waals surface area contributed by atoms with E-state index < -0.39 is 0 Å². The molecule has 1 heterocycles. The Morgan fingerprint density at radius 3 is 3.06 bits per heavy atom. The number of esters is 1. The summed E-state index contributed by atoms with van der Waals surface area (Å²) in [7, 11) is 0. The summed E-state index contributed by atoms with van der Waals surface area (Å²) in [4.78, 5) is 16.3. The molecule has 4 nitrogen and oxygen atoms in total. The van der Waals surface area contributed by atoms with Crippen molar-refractivity contribution in [1.82, 2.24) is 4.98 Å². The lowest BCUT2D eigenvalue weighted by molar-refractivity contribution is -0.148. The molecule has 18 heavy (non-hydrogen) atoms. The van der Waals surface area contributed by atoms with Crippen LogP contribution in [0.4, 0.5) is 0 Å². The number of aliphatic hydroxyl groups is 1. The van der Waals surface area contributed by atoms with Gasteiger partial charge >= 0.3 is 5.97 Å². The van der Waals surface area contributed by atoms with E-state index in [1.165, 1.54) is 0 Å². The van der Waals surface area contributed by atoms with E-state index in [1.807, 2.05) is 19.1 Å². The summed E-state index contributed by atoms with van der Waals surface area (Å²) < 4.78 is 5.12. The molecule has 98 valence electrons. The fourth-order valence-corrected chi connectivity index (χ4v) is 2.64. The minimum Gasteiger partial charge on any atom is -0.466 e. The zero-order chi connectivity index (χ0) is 13.0. The Morgan fingerprint density at radius 2 is 2.33 bits per heavy atom. The van der Waals surface area contributed by atoms with Gasteiger partial charge in [0.15, 0.2) is 0 Å². The van der Waals surface area contributed by atoms with Crippen LogP contribution in [-0.2, 0) is 16.1 Å². The van der Waals surface area contributed by atoms with Crippen LogP contribution < -0.4 is 0 Å². The zero-order valence-electron chi connectivity index (χ0n) is 10.6. The normalized spacial score (nSPS) is 23.0. The van der Waals surface area contributed by atoms with E-state index in [-0.39, 0.29) is 24.4 Å². The summed E-state index contributed by atoms with van der Waals surface area (Å²) in [5.74, 6) is -0.0573. The van der Waals surface area contributed by atoms with Crippen molar-refractivity contribution >= 4 is 5.97 Å². The molecule has 0 spiro atoms. The maximum Gasteiger partial charge on any atom is 0.309 e. The van der Waals surface area contributed by atoms with Crippen LogP contribution in [0.25, 0.3) is 0 Å². The lowest BCUT2D eigenvalue weighted by Gasteiger charge is -2.18. The third kappa shape index (κ3) is 2.70. The summed E-state index contributed by atoms with van der Waals surface area (Å²) in [5, 5.41) is 9.11. The minimum absolute atomic E-state index is 0.0648. The SMILES string of the molecule is CCOC(=O)C1CCCC1c1cccc(CO)n1. The van der Waals surface area contributed by atoms with Crippen LogP contribution in [-0.4, -0.2) is 22.7 Å². The second kappa shape index (κ2) is 5.96. The molecule has 2 rings (SSSR count). The molecule has 0 radical (unpaired) electrons. The number of carbonyl (C=O) groups excluding carboxylic acids is 1. The van der Waals surface area contributed by atoms with Crippen molar-refractivity contribution in [2.45, 2.75) is 38.7 Å². The van der Waals surface area contributed by atoms with Crippen molar-refractivity contribution in [2.24, 2.45) is 5.92 Å². The molecule has 1 saturated carbocycles. The average molecular weight is 249 g/mol. The van der Waals surface area contributed by atoms with Crippen LogP contribution in [0.1, 0.15) is 43.5 Å². The van der Waals surface area contributed by atoms with Gasteiger partial charge < -0.3 is 9.84 Å². The van der Waals surface area contributed by atoms with Crippen LogP contribution in [0.3, 0.4) is 0 Å². The van der Waals surface area contributed by atoms with Crippen LogP contribution in [0.2, 0.25) is 0 Å². The Bertz CT molecular complexity index is 419. The predicted molar refractivity (Wildman–Crippen MR) is 66.9 cm³/mol. The highest BCUT2D eigenvalue weighted by molar-refractivity contribution is 5.74. The van der Waals surface area contributed by atoms with Gasteiger partial charge in [0.2, 0.25) is 0 Å². The van der Waals surface area contributed by atoms with E-state index in [1.54, 1.807) is 6.07 Å². The summed E-state index contributed by atoms with van der Waals surface area (Å²) >= 11 is 0. The minimum atomic E-state index is -0.115. The predicted octanol–water partition coefficient (Wildman–Crippen LogP) is 2.02. The fraction of sp³-hybridized carbons (Fsp3) is 0.571. The lowest BCUT2D eigenvalue weighted by Crippen LogP contribution is -2.21. The zero-order valence-corrected chi connectivity index (χ0v) is 10.6. The van der Waals surface area contributed by atoms with Crippen molar-refractivity contribution < 1.29 is 14.6 Å². The first kappa shape index (κ1) is 13.0. The van der Waals surface area contributed by atoms with Gasteiger partial charge in [-0.15, -0.1) is 0 Å².